The molecule has 0 bridgehead atoms. The fourth-order valence-corrected chi connectivity index (χ4v) is 7.00. The van der Waals surface area contributed by atoms with Gasteiger partial charge < -0.3 is 9.64 Å². The van der Waals surface area contributed by atoms with Crippen LogP contribution in [0.15, 0.2) is 52.5 Å². The van der Waals surface area contributed by atoms with E-state index in [2.05, 4.69) is 59.4 Å². The highest BCUT2D eigenvalue weighted by Gasteiger charge is 2.65. The Kier molecular flexibility index (Phi) is 6.96. The third kappa shape index (κ3) is 4.09. The van der Waals surface area contributed by atoms with E-state index >= 15 is 0 Å². The molecule has 5 rings (SSSR count). The van der Waals surface area contributed by atoms with Crippen LogP contribution in [0.2, 0.25) is 5.02 Å². The number of rotatable bonds is 6. The highest BCUT2D eigenvalue weighted by molar-refractivity contribution is 6.30. The Morgan fingerprint density at radius 1 is 1.12 bits per heavy atom. The SMILES string of the molecule is CCOC1=CC(C)(C(C)(C)C)C2=C3N(CCN2CC(=O)C(C)C)C(=O)N2C(=N[C@@](C)(c4ccc(Cl)cc4)C2C)C13C. The van der Waals surface area contributed by atoms with Crippen LogP contribution in [0, 0.1) is 22.2 Å². The van der Waals surface area contributed by atoms with Crippen LogP contribution in [0.3, 0.4) is 0 Å². The number of Topliss-reactive ketones (excluding diaryl/α,β-unsaturated/α-hetero) is 1. The summed E-state index contributed by atoms with van der Waals surface area (Å²) in [7, 11) is 0. The monoisotopic (exact) mass is 580 g/mol. The van der Waals surface area contributed by atoms with Crippen molar-refractivity contribution in [2.45, 2.75) is 80.8 Å². The number of ether oxygens (including phenoxy) is 1. The van der Waals surface area contributed by atoms with Crippen molar-refractivity contribution in [3.63, 3.8) is 0 Å². The van der Waals surface area contributed by atoms with Gasteiger partial charge in [0, 0.05) is 35.1 Å². The first kappa shape index (κ1) is 29.7. The molecule has 7 nitrogen and oxygen atoms in total. The third-order valence-electron chi connectivity index (χ3n) is 10.2. The maximum absolute atomic E-state index is 14.5. The van der Waals surface area contributed by atoms with Gasteiger partial charge >= 0.3 is 6.03 Å². The summed E-state index contributed by atoms with van der Waals surface area (Å²) in [6.45, 7) is 23.0. The maximum atomic E-state index is 14.5. The van der Waals surface area contributed by atoms with Crippen LogP contribution in [-0.4, -0.2) is 64.6 Å². The highest BCUT2D eigenvalue weighted by atomic mass is 35.5. The number of amides is 2. The van der Waals surface area contributed by atoms with E-state index in [1.165, 1.54) is 0 Å². The Labute approximate surface area is 250 Å². The van der Waals surface area contributed by atoms with Crippen molar-refractivity contribution in [3.8, 4) is 0 Å². The van der Waals surface area contributed by atoms with Gasteiger partial charge in [0.15, 0.2) is 5.78 Å². The van der Waals surface area contributed by atoms with Gasteiger partial charge in [0.25, 0.3) is 0 Å². The lowest BCUT2D eigenvalue weighted by atomic mass is 9.58. The van der Waals surface area contributed by atoms with E-state index in [0.717, 1.165) is 22.7 Å². The summed E-state index contributed by atoms with van der Waals surface area (Å²) in [5.74, 6) is 1.62. The first-order valence-corrected chi connectivity index (χ1v) is 15.3. The minimum atomic E-state index is -0.817. The smallest absolute Gasteiger partial charge is 0.330 e. The Balaban J connectivity index is 1.81. The van der Waals surface area contributed by atoms with Gasteiger partial charge in [-0.2, -0.15) is 0 Å². The zero-order valence-corrected chi connectivity index (χ0v) is 27.0. The molecule has 3 heterocycles. The zero-order valence-electron chi connectivity index (χ0n) is 26.3. The lowest BCUT2D eigenvalue weighted by molar-refractivity contribution is -0.123. The minimum absolute atomic E-state index is 0.0669. The number of nitrogens with zero attached hydrogens (tertiary/aromatic N) is 4. The molecule has 0 saturated carbocycles. The molecule has 3 aliphatic heterocycles. The number of carbonyl (C=O) groups excluding carboxylic acids is 2. The lowest BCUT2D eigenvalue weighted by Crippen LogP contribution is -2.67. The number of urea groups is 1. The summed E-state index contributed by atoms with van der Waals surface area (Å²) in [5, 5.41) is 0.662. The van der Waals surface area contributed by atoms with Crippen molar-refractivity contribution >= 4 is 29.3 Å². The predicted molar refractivity (Wildman–Crippen MR) is 163 cm³/mol. The van der Waals surface area contributed by atoms with Gasteiger partial charge in [0.2, 0.25) is 0 Å². The Morgan fingerprint density at radius 3 is 2.32 bits per heavy atom. The predicted octanol–water partition coefficient (Wildman–Crippen LogP) is 6.84. The van der Waals surface area contributed by atoms with Gasteiger partial charge in [-0.25, -0.2) is 4.79 Å². The second-order valence-corrected chi connectivity index (χ2v) is 14.3. The van der Waals surface area contributed by atoms with E-state index in [4.69, 9.17) is 21.3 Å². The lowest BCUT2D eigenvalue weighted by Gasteiger charge is -2.59. The quantitative estimate of drug-likeness (QED) is 0.369. The molecule has 1 fully saturated rings. The molecule has 1 aliphatic carbocycles. The second kappa shape index (κ2) is 9.62. The van der Waals surface area contributed by atoms with Crippen LogP contribution < -0.4 is 0 Å². The second-order valence-electron chi connectivity index (χ2n) is 13.8. The largest absolute Gasteiger partial charge is 0.497 e. The molecule has 1 aromatic rings. The van der Waals surface area contributed by atoms with Crippen LogP contribution in [-0.2, 0) is 15.1 Å². The summed E-state index contributed by atoms with van der Waals surface area (Å²) >= 11 is 6.24. The molecule has 0 spiro atoms. The normalized spacial score (nSPS) is 31.3. The zero-order chi connectivity index (χ0) is 30.3. The number of carbonyl (C=O) groups is 2. The van der Waals surface area contributed by atoms with Crippen molar-refractivity contribution in [1.82, 2.24) is 14.7 Å². The number of fused-ring (bicyclic) bond motifs is 2. The molecule has 4 aliphatic rings. The van der Waals surface area contributed by atoms with Gasteiger partial charge in [-0.15, -0.1) is 0 Å². The third-order valence-corrected chi connectivity index (χ3v) is 10.5. The van der Waals surface area contributed by atoms with Crippen molar-refractivity contribution in [2.75, 3.05) is 26.2 Å². The molecule has 41 heavy (non-hydrogen) atoms. The topological polar surface area (TPSA) is 65.5 Å². The molecule has 8 heteroatoms. The van der Waals surface area contributed by atoms with Crippen LogP contribution in [0.25, 0.3) is 0 Å². The summed E-state index contributed by atoms with van der Waals surface area (Å²) in [6, 6.07) is 7.47. The summed E-state index contributed by atoms with van der Waals surface area (Å²) in [6.07, 6.45) is 2.25. The highest BCUT2D eigenvalue weighted by Crippen LogP contribution is 2.61. The first-order chi connectivity index (χ1) is 19.0. The van der Waals surface area contributed by atoms with Gasteiger partial charge in [-0.05, 0) is 63.8 Å². The van der Waals surface area contributed by atoms with Crippen LogP contribution >= 0.6 is 11.6 Å². The summed E-state index contributed by atoms with van der Waals surface area (Å²) < 4.78 is 6.51. The molecule has 3 unspecified atom stereocenters. The fourth-order valence-electron chi connectivity index (χ4n) is 6.88. The maximum Gasteiger partial charge on any atom is 0.330 e. The van der Waals surface area contributed by atoms with Gasteiger partial charge in [0.05, 0.1) is 24.9 Å². The Hall–Kier alpha value is -2.80. The number of benzene rings is 1. The first-order valence-electron chi connectivity index (χ1n) is 14.9. The van der Waals surface area contributed by atoms with Gasteiger partial charge in [0.1, 0.15) is 22.5 Å². The van der Waals surface area contributed by atoms with Crippen LogP contribution in [0.4, 0.5) is 4.79 Å². The number of allylic oxidation sites excluding steroid dienone is 1. The molecule has 0 radical (unpaired) electrons. The molecule has 222 valence electrons. The summed E-state index contributed by atoms with van der Waals surface area (Å²) in [4.78, 5) is 39.2. The molecular formula is C33H45ClN4O3. The molecular weight excluding hydrogens is 536 g/mol. The number of hydrogen-bond acceptors (Lipinski definition) is 5. The van der Waals surface area contributed by atoms with Crippen LogP contribution in [0.5, 0.6) is 0 Å². The van der Waals surface area contributed by atoms with Crippen molar-refractivity contribution in [3.05, 3.63) is 58.1 Å². The average Bonchev–Trinajstić information content (AvgIpc) is 3.17. The van der Waals surface area contributed by atoms with Crippen molar-refractivity contribution in [2.24, 2.45) is 27.2 Å². The summed E-state index contributed by atoms with van der Waals surface area (Å²) in [5.41, 5.74) is 0.696. The molecule has 1 aromatic carbocycles. The van der Waals surface area contributed by atoms with Crippen molar-refractivity contribution < 1.29 is 14.3 Å². The minimum Gasteiger partial charge on any atom is -0.497 e. The number of amidine groups is 1. The van der Waals surface area contributed by atoms with E-state index < -0.39 is 16.4 Å². The molecule has 0 aromatic heterocycles. The Morgan fingerprint density at radius 2 is 1.76 bits per heavy atom. The van der Waals surface area contributed by atoms with Gasteiger partial charge in [-0.1, -0.05) is 58.4 Å². The van der Waals surface area contributed by atoms with E-state index in [9.17, 15) is 9.59 Å². The fraction of sp³-hybridized carbons (Fsp3) is 0.606. The average molecular weight is 581 g/mol. The Bertz CT molecular complexity index is 1370. The molecule has 4 atom stereocenters. The molecule has 0 N–H and O–H groups in total. The number of halogens is 1. The number of hydrogen-bond donors (Lipinski definition) is 0. The van der Waals surface area contributed by atoms with E-state index in [1.54, 1.807) is 0 Å². The van der Waals surface area contributed by atoms with E-state index in [-0.39, 0.29) is 29.2 Å². The van der Waals surface area contributed by atoms with E-state index in [1.807, 2.05) is 54.8 Å². The van der Waals surface area contributed by atoms with Crippen molar-refractivity contribution in [1.29, 1.82) is 0 Å². The molecule has 1 saturated heterocycles. The van der Waals surface area contributed by atoms with Crippen LogP contribution in [0.1, 0.15) is 74.8 Å². The standard InChI is InChI=1S/C33H45ClN4O3/c1-11-41-25-18-31(8,30(5,6)7)26-27-32(25,9)28-35-33(10,22-12-14-23(34)15-13-22)21(4)38(28)29(40)37(27)17-16-36(26)19-24(39)20(2)3/h12-15,18,20-21H,11,16-17,19H2,1-10H3/t21?,31?,32?,33-/m1/s1. The molecule has 2 amide bonds. The van der Waals surface area contributed by atoms with E-state index in [0.29, 0.717) is 37.1 Å². The van der Waals surface area contributed by atoms with Gasteiger partial charge in [-0.3, -0.25) is 19.6 Å². The number of ketones is 1. The number of aliphatic imine (C=N–C) groups is 1.